The van der Waals surface area contributed by atoms with Gasteiger partial charge in [0, 0.05) is 23.9 Å². The molecule has 0 bridgehead atoms. The molecule has 1 amide bonds. The third-order valence-electron chi connectivity index (χ3n) is 3.11. The highest BCUT2D eigenvalue weighted by Crippen LogP contribution is 2.26. The van der Waals surface area contributed by atoms with Crippen molar-refractivity contribution >= 4 is 23.1 Å². The Morgan fingerprint density at radius 1 is 1.58 bits per heavy atom. The van der Waals surface area contributed by atoms with Gasteiger partial charge in [-0.2, -0.15) is 5.10 Å². The molecule has 6 heteroatoms. The van der Waals surface area contributed by atoms with Crippen molar-refractivity contribution in [2.45, 2.75) is 19.3 Å². The van der Waals surface area contributed by atoms with Crippen molar-refractivity contribution in [2.24, 2.45) is 7.05 Å². The van der Waals surface area contributed by atoms with E-state index in [4.69, 9.17) is 5.73 Å². The molecule has 3 N–H and O–H groups in total. The first kappa shape index (κ1) is 13.6. The molecule has 0 unspecified atom stereocenters. The third kappa shape index (κ3) is 2.78. The lowest BCUT2D eigenvalue weighted by Crippen LogP contribution is -2.36. The van der Waals surface area contributed by atoms with Crippen LogP contribution in [0.4, 0.5) is 5.82 Å². The van der Waals surface area contributed by atoms with Crippen LogP contribution in [0, 0.1) is 0 Å². The van der Waals surface area contributed by atoms with Crippen molar-refractivity contribution < 1.29 is 4.79 Å². The molecular formula is C13H18N4OS. The van der Waals surface area contributed by atoms with E-state index in [2.05, 4.69) is 30.3 Å². The van der Waals surface area contributed by atoms with Gasteiger partial charge >= 0.3 is 0 Å². The molecule has 2 rings (SSSR count). The lowest BCUT2D eigenvalue weighted by atomic mass is 9.91. The average molecular weight is 278 g/mol. The van der Waals surface area contributed by atoms with Crippen LogP contribution in [0.25, 0.3) is 0 Å². The minimum atomic E-state index is -0.185. The quantitative estimate of drug-likeness (QED) is 0.895. The van der Waals surface area contributed by atoms with Crippen LogP contribution in [0.5, 0.6) is 0 Å². The fourth-order valence-corrected chi connectivity index (χ4v) is 2.62. The number of amides is 1. The Morgan fingerprint density at radius 2 is 2.32 bits per heavy atom. The Morgan fingerprint density at radius 3 is 2.84 bits per heavy atom. The molecule has 19 heavy (non-hydrogen) atoms. The second-order valence-electron chi connectivity index (χ2n) is 5.11. The molecule has 0 aliphatic rings. The van der Waals surface area contributed by atoms with Crippen LogP contribution >= 0.6 is 11.3 Å². The van der Waals surface area contributed by atoms with Crippen LogP contribution in [0.15, 0.2) is 23.7 Å². The highest BCUT2D eigenvalue weighted by molar-refractivity contribution is 7.10. The predicted molar refractivity (Wildman–Crippen MR) is 77.3 cm³/mol. The summed E-state index contributed by atoms with van der Waals surface area (Å²) >= 11 is 1.69. The first-order chi connectivity index (χ1) is 8.92. The summed E-state index contributed by atoms with van der Waals surface area (Å²) in [6.07, 6.45) is 1.49. The monoisotopic (exact) mass is 278 g/mol. The zero-order chi connectivity index (χ0) is 14.0. The Hall–Kier alpha value is -1.82. The maximum absolute atomic E-state index is 12.1. The molecular weight excluding hydrogens is 260 g/mol. The fourth-order valence-electron chi connectivity index (χ4n) is 1.77. The van der Waals surface area contributed by atoms with Crippen molar-refractivity contribution in [1.29, 1.82) is 0 Å². The number of nitrogen functional groups attached to an aromatic ring is 1. The largest absolute Gasteiger partial charge is 0.383 e. The molecule has 5 nitrogen and oxygen atoms in total. The smallest absolute Gasteiger partial charge is 0.256 e. The van der Waals surface area contributed by atoms with Gasteiger partial charge in [-0.1, -0.05) is 19.9 Å². The summed E-state index contributed by atoms with van der Waals surface area (Å²) in [4.78, 5) is 13.3. The van der Waals surface area contributed by atoms with Crippen LogP contribution in [-0.4, -0.2) is 22.2 Å². The van der Waals surface area contributed by atoms with Crippen LogP contribution in [0.3, 0.4) is 0 Å². The van der Waals surface area contributed by atoms with Gasteiger partial charge in [-0.3, -0.25) is 9.48 Å². The number of nitrogens with two attached hydrogens (primary N) is 1. The molecule has 0 saturated carbocycles. The summed E-state index contributed by atoms with van der Waals surface area (Å²) in [7, 11) is 1.71. The van der Waals surface area contributed by atoms with Gasteiger partial charge in [0.1, 0.15) is 11.4 Å². The number of carbonyl (C=O) groups is 1. The average Bonchev–Trinajstić information content (AvgIpc) is 2.99. The number of carbonyl (C=O) groups excluding carboxylic acids is 1. The summed E-state index contributed by atoms with van der Waals surface area (Å²) < 4.78 is 1.49. The summed E-state index contributed by atoms with van der Waals surface area (Å²) in [5.41, 5.74) is 6.10. The minimum Gasteiger partial charge on any atom is -0.383 e. The number of aromatic nitrogens is 2. The number of hydrogen-bond acceptors (Lipinski definition) is 4. The summed E-state index contributed by atoms with van der Waals surface area (Å²) in [5, 5.41) is 8.92. The van der Waals surface area contributed by atoms with Gasteiger partial charge in [0.05, 0.1) is 6.20 Å². The van der Waals surface area contributed by atoms with Gasteiger partial charge in [0.15, 0.2) is 0 Å². The SMILES string of the molecule is Cn1ncc(C(=O)NCC(C)(C)c2cccs2)c1N. The number of rotatable bonds is 4. The van der Waals surface area contributed by atoms with E-state index in [0.29, 0.717) is 17.9 Å². The van der Waals surface area contributed by atoms with E-state index in [0.717, 1.165) is 0 Å². The van der Waals surface area contributed by atoms with Crippen molar-refractivity contribution in [1.82, 2.24) is 15.1 Å². The molecule has 0 saturated heterocycles. The Bertz CT molecular complexity index is 571. The maximum Gasteiger partial charge on any atom is 0.256 e. The van der Waals surface area contributed by atoms with E-state index in [1.54, 1.807) is 18.4 Å². The third-order valence-corrected chi connectivity index (χ3v) is 4.34. The molecule has 2 aromatic heterocycles. The van der Waals surface area contributed by atoms with E-state index in [-0.39, 0.29) is 11.3 Å². The second-order valence-corrected chi connectivity index (χ2v) is 6.06. The minimum absolute atomic E-state index is 0.0964. The van der Waals surface area contributed by atoms with E-state index >= 15 is 0 Å². The normalized spacial score (nSPS) is 11.5. The highest BCUT2D eigenvalue weighted by Gasteiger charge is 2.23. The van der Waals surface area contributed by atoms with E-state index in [1.165, 1.54) is 15.8 Å². The zero-order valence-electron chi connectivity index (χ0n) is 11.3. The molecule has 2 heterocycles. The van der Waals surface area contributed by atoms with Gasteiger partial charge in [-0.25, -0.2) is 0 Å². The topological polar surface area (TPSA) is 72.9 Å². The molecule has 0 fully saturated rings. The lowest BCUT2D eigenvalue weighted by molar-refractivity contribution is 0.0947. The van der Waals surface area contributed by atoms with Gasteiger partial charge in [-0.05, 0) is 11.4 Å². The molecule has 102 valence electrons. The summed E-state index contributed by atoms with van der Waals surface area (Å²) in [6.45, 7) is 4.76. The summed E-state index contributed by atoms with van der Waals surface area (Å²) in [6, 6.07) is 4.10. The number of hydrogen-bond donors (Lipinski definition) is 2. The van der Waals surface area contributed by atoms with Gasteiger partial charge in [0.25, 0.3) is 5.91 Å². The van der Waals surface area contributed by atoms with E-state index in [9.17, 15) is 4.79 Å². The van der Waals surface area contributed by atoms with Crippen LogP contribution < -0.4 is 11.1 Å². The molecule has 0 spiro atoms. The van der Waals surface area contributed by atoms with Crippen molar-refractivity contribution in [3.8, 4) is 0 Å². The van der Waals surface area contributed by atoms with Crippen molar-refractivity contribution in [2.75, 3.05) is 12.3 Å². The number of nitrogens with zero attached hydrogens (tertiary/aromatic N) is 2. The van der Waals surface area contributed by atoms with Crippen molar-refractivity contribution in [3.05, 3.63) is 34.2 Å². The number of anilines is 1. The molecule has 0 radical (unpaired) electrons. The standard InChI is InChI=1S/C13H18N4OS/c1-13(2,10-5-4-6-19-10)8-15-12(18)9-7-16-17(3)11(9)14/h4-7H,8,14H2,1-3H3,(H,15,18). The van der Waals surface area contributed by atoms with Gasteiger partial charge in [-0.15, -0.1) is 11.3 Å². The van der Waals surface area contributed by atoms with E-state index < -0.39 is 0 Å². The molecule has 2 aromatic rings. The molecule has 0 aliphatic carbocycles. The first-order valence-electron chi connectivity index (χ1n) is 6.01. The molecule has 0 atom stereocenters. The Kier molecular flexibility index (Phi) is 3.61. The Labute approximate surface area is 116 Å². The molecule has 0 aromatic carbocycles. The van der Waals surface area contributed by atoms with Crippen LogP contribution in [0.2, 0.25) is 0 Å². The first-order valence-corrected chi connectivity index (χ1v) is 6.89. The van der Waals surface area contributed by atoms with E-state index in [1.807, 2.05) is 11.4 Å². The maximum atomic E-state index is 12.1. The Balaban J connectivity index is 2.03. The lowest BCUT2D eigenvalue weighted by Gasteiger charge is -2.23. The number of aryl methyl sites for hydroxylation is 1. The van der Waals surface area contributed by atoms with Gasteiger partial charge < -0.3 is 11.1 Å². The zero-order valence-corrected chi connectivity index (χ0v) is 12.1. The van der Waals surface area contributed by atoms with Crippen molar-refractivity contribution in [3.63, 3.8) is 0 Å². The summed E-state index contributed by atoms with van der Waals surface area (Å²) in [5.74, 6) is 0.196. The molecule has 0 aliphatic heterocycles. The predicted octanol–water partition coefficient (Wildman–Crippen LogP) is 1.77. The van der Waals surface area contributed by atoms with Crippen LogP contribution in [-0.2, 0) is 12.5 Å². The second kappa shape index (κ2) is 5.05. The number of nitrogens with one attached hydrogen (secondary N) is 1. The van der Waals surface area contributed by atoms with Crippen LogP contribution in [0.1, 0.15) is 29.1 Å². The fraction of sp³-hybridized carbons (Fsp3) is 0.385. The van der Waals surface area contributed by atoms with Gasteiger partial charge in [0.2, 0.25) is 0 Å². The highest BCUT2D eigenvalue weighted by atomic mass is 32.1. The number of thiophene rings is 1.